The first kappa shape index (κ1) is 25.4. The minimum Gasteiger partial charge on any atom is -0.368 e. The van der Waals surface area contributed by atoms with Crippen LogP contribution in [0.4, 0.5) is 24.5 Å². The lowest BCUT2D eigenvalue weighted by Gasteiger charge is -2.34. The molecule has 5 nitrogen and oxygen atoms in total. The number of hydrogen-bond acceptors (Lipinski definition) is 5. The molecule has 2 heterocycles. The molecule has 0 atom stereocenters. The molecular weight excluding hydrogens is 463 g/mol. The van der Waals surface area contributed by atoms with Crippen LogP contribution in [0.1, 0.15) is 16.7 Å². The Labute approximate surface area is 210 Å². The van der Waals surface area contributed by atoms with Crippen molar-refractivity contribution >= 4 is 23.2 Å². The highest BCUT2D eigenvalue weighted by Crippen LogP contribution is 2.34. The number of aryl methyl sites for hydroxylation is 1. The van der Waals surface area contributed by atoms with Gasteiger partial charge in [-0.3, -0.25) is 4.98 Å². The fourth-order valence-electron chi connectivity index (χ4n) is 4.34. The number of halogens is 3. The van der Waals surface area contributed by atoms with Gasteiger partial charge in [0.1, 0.15) is 0 Å². The maximum Gasteiger partial charge on any atom is 0.416 e. The summed E-state index contributed by atoms with van der Waals surface area (Å²) < 4.78 is 39.6. The molecule has 0 radical (unpaired) electrons. The maximum absolute atomic E-state index is 13.2. The summed E-state index contributed by atoms with van der Waals surface area (Å²) in [7, 11) is 3.99. The lowest BCUT2D eigenvalue weighted by Crippen LogP contribution is -2.44. The lowest BCUT2D eigenvalue weighted by molar-refractivity contribution is -0.137. The van der Waals surface area contributed by atoms with Crippen LogP contribution >= 0.6 is 0 Å². The molecule has 1 N–H and O–H groups in total. The number of alkyl halides is 3. The molecule has 1 aliphatic rings. The average molecular weight is 494 g/mol. The van der Waals surface area contributed by atoms with Crippen molar-refractivity contribution in [3.05, 3.63) is 83.8 Å². The number of piperazine rings is 1. The molecule has 0 spiro atoms. The average Bonchev–Trinajstić information content (AvgIpc) is 2.87. The molecule has 1 aromatic heterocycles. The Morgan fingerprint density at radius 3 is 2.42 bits per heavy atom. The molecule has 0 aliphatic carbocycles. The Kier molecular flexibility index (Phi) is 7.45. The Balaban J connectivity index is 1.63. The highest BCUT2D eigenvalue weighted by Gasteiger charge is 2.30. The largest absolute Gasteiger partial charge is 0.416 e. The number of allylic oxidation sites excluding steroid dienone is 1. The van der Waals surface area contributed by atoms with E-state index in [1.807, 2.05) is 49.5 Å². The van der Waals surface area contributed by atoms with Crippen molar-refractivity contribution in [2.24, 2.45) is 0 Å². The van der Waals surface area contributed by atoms with Crippen LogP contribution in [0.25, 0.3) is 16.7 Å². The zero-order valence-electron chi connectivity index (χ0n) is 20.7. The van der Waals surface area contributed by atoms with Crippen molar-refractivity contribution in [3.63, 3.8) is 0 Å². The summed E-state index contributed by atoms with van der Waals surface area (Å²) in [6.07, 6.45) is 2.36. The smallest absolute Gasteiger partial charge is 0.368 e. The van der Waals surface area contributed by atoms with Gasteiger partial charge in [-0.25, -0.2) is 0 Å². The van der Waals surface area contributed by atoms with Gasteiger partial charge in [-0.15, -0.1) is 0 Å². The minimum atomic E-state index is -4.39. The molecule has 0 bridgehead atoms. The normalized spacial score (nSPS) is 15.2. The number of benzene rings is 2. The number of aromatic nitrogens is 1. The molecule has 4 rings (SSSR count). The minimum absolute atomic E-state index is 0.500. The van der Waals surface area contributed by atoms with Crippen LogP contribution in [-0.4, -0.2) is 56.4 Å². The van der Waals surface area contributed by atoms with E-state index in [4.69, 9.17) is 5.41 Å². The van der Waals surface area contributed by atoms with Gasteiger partial charge in [0.2, 0.25) is 0 Å². The highest BCUT2D eigenvalue weighted by atomic mass is 19.4. The van der Waals surface area contributed by atoms with Crippen molar-refractivity contribution in [3.8, 4) is 11.1 Å². The number of nitrogens with one attached hydrogen (secondary N) is 1. The fourth-order valence-corrected chi connectivity index (χ4v) is 4.34. The van der Waals surface area contributed by atoms with Crippen LogP contribution in [0.2, 0.25) is 0 Å². The van der Waals surface area contributed by atoms with E-state index in [9.17, 15) is 13.2 Å². The predicted octanol–water partition coefficient (Wildman–Crippen LogP) is 5.95. The third kappa shape index (κ3) is 5.76. The number of pyridine rings is 1. The molecule has 1 saturated heterocycles. The van der Waals surface area contributed by atoms with E-state index in [0.29, 0.717) is 16.7 Å². The number of rotatable bonds is 6. The highest BCUT2D eigenvalue weighted by molar-refractivity contribution is 6.09. The van der Waals surface area contributed by atoms with Crippen LogP contribution in [0.5, 0.6) is 0 Å². The van der Waals surface area contributed by atoms with E-state index < -0.39 is 11.7 Å². The molecule has 1 fully saturated rings. The number of likely N-dealkylation sites (N-methyl/N-ethyl adjacent to an activating group) is 1. The second kappa shape index (κ2) is 10.5. The van der Waals surface area contributed by atoms with Crippen molar-refractivity contribution in [2.45, 2.75) is 13.1 Å². The maximum atomic E-state index is 13.2. The number of nitrogens with zero attached hydrogens (tertiary/aromatic N) is 4. The van der Waals surface area contributed by atoms with E-state index in [1.54, 1.807) is 12.3 Å². The standard InChI is InChI=1S/C28H30F3N5/c1-20-7-8-22(21-5-4-6-25(13-21)28(29,30)31)15-27(20)35(3)19-24(16-32)23-14-26(18-33-17-23)36-11-9-34(2)10-12-36/h4-8,13-19,32H,9-12H2,1-3H3/b24-19+,32-16?. The van der Waals surface area contributed by atoms with E-state index >= 15 is 0 Å². The third-order valence-corrected chi connectivity index (χ3v) is 6.53. The number of hydrogen-bond donors (Lipinski definition) is 1. The molecule has 36 heavy (non-hydrogen) atoms. The van der Waals surface area contributed by atoms with E-state index in [-0.39, 0.29) is 0 Å². The molecular formula is C28H30F3N5. The van der Waals surface area contributed by atoms with Gasteiger partial charge in [-0.05, 0) is 54.9 Å². The summed E-state index contributed by atoms with van der Waals surface area (Å²) in [6, 6.07) is 13.0. The van der Waals surface area contributed by atoms with Gasteiger partial charge in [0.05, 0.1) is 17.4 Å². The first-order chi connectivity index (χ1) is 17.2. The monoisotopic (exact) mass is 493 g/mol. The summed E-state index contributed by atoms with van der Waals surface area (Å²) in [5, 5.41) is 8.03. The van der Waals surface area contributed by atoms with Crippen molar-refractivity contribution in [2.75, 3.05) is 50.1 Å². The van der Waals surface area contributed by atoms with Crippen LogP contribution in [0.15, 0.2) is 67.1 Å². The molecule has 188 valence electrons. The molecule has 2 aromatic carbocycles. The van der Waals surface area contributed by atoms with Crippen LogP contribution < -0.4 is 9.80 Å². The predicted molar refractivity (Wildman–Crippen MR) is 141 cm³/mol. The van der Waals surface area contributed by atoms with Crippen molar-refractivity contribution < 1.29 is 13.2 Å². The topological polar surface area (TPSA) is 46.5 Å². The Bertz CT molecular complexity index is 1260. The van der Waals surface area contributed by atoms with E-state index in [0.717, 1.165) is 54.7 Å². The van der Waals surface area contributed by atoms with Crippen molar-refractivity contribution in [1.82, 2.24) is 9.88 Å². The Hall–Kier alpha value is -3.65. The molecule has 0 amide bonds. The summed E-state index contributed by atoms with van der Waals surface area (Å²) in [4.78, 5) is 10.9. The van der Waals surface area contributed by atoms with Crippen molar-refractivity contribution in [1.29, 1.82) is 5.41 Å². The summed E-state index contributed by atoms with van der Waals surface area (Å²) in [6.45, 7) is 5.78. The van der Waals surface area contributed by atoms with E-state index in [1.165, 1.54) is 18.3 Å². The first-order valence-electron chi connectivity index (χ1n) is 11.8. The van der Waals surface area contributed by atoms with Crippen LogP contribution in [-0.2, 0) is 6.18 Å². The van der Waals surface area contributed by atoms with Gasteiger partial charge >= 0.3 is 6.18 Å². The first-order valence-corrected chi connectivity index (χ1v) is 11.8. The second-order valence-electron chi connectivity index (χ2n) is 9.14. The quantitative estimate of drug-likeness (QED) is 0.431. The van der Waals surface area contributed by atoms with Gasteiger partial charge in [-0.1, -0.05) is 24.3 Å². The molecule has 1 aliphatic heterocycles. The molecule has 8 heteroatoms. The lowest BCUT2D eigenvalue weighted by atomic mass is 10.00. The van der Waals surface area contributed by atoms with Gasteiger partial charge in [-0.2, -0.15) is 13.2 Å². The SMILES string of the molecule is Cc1ccc(-c2cccc(C(F)(F)F)c2)cc1N(C)/C=C(\C=N)c1cncc(N2CCN(C)CC2)c1. The zero-order chi connectivity index (χ0) is 25.9. The van der Waals surface area contributed by atoms with Crippen LogP contribution in [0, 0.1) is 12.3 Å². The number of anilines is 2. The fraction of sp³-hybridized carbons (Fsp3) is 0.286. The third-order valence-electron chi connectivity index (χ3n) is 6.53. The molecule has 0 unspecified atom stereocenters. The van der Waals surface area contributed by atoms with Gasteiger partial charge in [0.25, 0.3) is 0 Å². The van der Waals surface area contributed by atoms with E-state index in [2.05, 4.69) is 27.9 Å². The zero-order valence-corrected chi connectivity index (χ0v) is 20.7. The summed E-state index contributed by atoms with van der Waals surface area (Å²) >= 11 is 0. The molecule has 3 aromatic rings. The Morgan fingerprint density at radius 1 is 1.00 bits per heavy atom. The summed E-state index contributed by atoms with van der Waals surface area (Å²) in [5.74, 6) is 0. The van der Waals surface area contributed by atoms with Gasteiger partial charge < -0.3 is 20.1 Å². The Morgan fingerprint density at radius 2 is 1.72 bits per heavy atom. The molecule has 0 saturated carbocycles. The summed E-state index contributed by atoms with van der Waals surface area (Å²) in [5.41, 5.74) is 4.88. The second-order valence-corrected chi connectivity index (χ2v) is 9.14. The van der Waals surface area contributed by atoms with Crippen LogP contribution in [0.3, 0.4) is 0 Å². The van der Waals surface area contributed by atoms with Gasteiger partial charge in [0.15, 0.2) is 0 Å². The van der Waals surface area contributed by atoms with Gasteiger partial charge in [0, 0.05) is 68.7 Å².